The van der Waals surface area contributed by atoms with Gasteiger partial charge in [-0.2, -0.15) is 0 Å². The summed E-state index contributed by atoms with van der Waals surface area (Å²) in [5, 5.41) is 10.7. The number of aromatic nitrogens is 4. The SMILES string of the molecule is Cc1ccccc1C(NC(=O)c1cn(Cc2c(F)cccc2F)nn1)c1ccncc1. The molecule has 1 amide bonds. The lowest BCUT2D eigenvalue weighted by Crippen LogP contribution is -2.30. The quantitative estimate of drug-likeness (QED) is 0.516. The van der Waals surface area contributed by atoms with Crippen molar-refractivity contribution >= 4 is 5.91 Å². The maximum atomic E-state index is 13.9. The van der Waals surface area contributed by atoms with Crippen LogP contribution in [0.25, 0.3) is 0 Å². The molecule has 156 valence electrons. The topological polar surface area (TPSA) is 72.7 Å². The van der Waals surface area contributed by atoms with Gasteiger partial charge in [0, 0.05) is 18.0 Å². The van der Waals surface area contributed by atoms with E-state index in [-0.39, 0.29) is 17.8 Å². The summed E-state index contributed by atoms with van der Waals surface area (Å²) < 4.78 is 29.0. The van der Waals surface area contributed by atoms with Gasteiger partial charge < -0.3 is 5.32 Å². The molecular weight excluding hydrogens is 400 g/mol. The molecule has 0 saturated carbocycles. The molecule has 0 spiro atoms. The van der Waals surface area contributed by atoms with E-state index in [4.69, 9.17) is 0 Å². The average molecular weight is 419 g/mol. The number of carbonyl (C=O) groups is 1. The zero-order valence-electron chi connectivity index (χ0n) is 16.7. The third-order valence-electron chi connectivity index (χ3n) is 4.97. The van der Waals surface area contributed by atoms with Gasteiger partial charge in [0.1, 0.15) is 11.6 Å². The summed E-state index contributed by atoms with van der Waals surface area (Å²) >= 11 is 0. The molecule has 2 aromatic heterocycles. The monoisotopic (exact) mass is 419 g/mol. The number of pyridine rings is 1. The third-order valence-corrected chi connectivity index (χ3v) is 4.97. The van der Waals surface area contributed by atoms with Gasteiger partial charge in [-0.15, -0.1) is 5.10 Å². The lowest BCUT2D eigenvalue weighted by molar-refractivity contribution is 0.0937. The Kier molecular flexibility index (Phi) is 5.79. The normalized spacial score (nSPS) is 11.8. The van der Waals surface area contributed by atoms with Gasteiger partial charge in [-0.25, -0.2) is 13.5 Å². The van der Waals surface area contributed by atoms with E-state index >= 15 is 0 Å². The summed E-state index contributed by atoms with van der Waals surface area (Å²) in [6, 6.07) is 14.6. The number of benzene rings is 2. The Bertz CT molecular complexity index is 1190. The van der Waals surface area contributed by atoms with Crippen LogP contribution in [0.1, 0.15) is 38.8 Å². The largest absolute Gasteiger partial charge is 0.340 e. The van der Waals surface area contributed by atoms with E-state index in [1.54, 1.807) is 12.4 Å². The van der Waals surface area contributed by atoms with Crippen molar-refractivity contribution in [2.45, 2.75) is 19.5 Å². The Labute approximate surface area is 177 Å². The van der Waals surface area contributed by atoms with Gasteiger partial charge in [0.2, 0.25) is 0 Å². The second-order valence-electron chi connectivity index (χ2n) is 7.05. The smallest absolute Gasteiger partial charge is 0.274 e. The van der Waals surface area contributed by atoms with E-state index in [1.165, 1.54) is 29.1 Å². The van der Waals surface area contributed by atoms with Crippen LogP contribution >= 0.6 is 0 Å². The Hall–Kier alpha value is -3.94. The highest BCUT2D eigenvalue weighted by Gasteiger charge is 2.21. The van der Waals surface area contributed by atoms with E-state index in [9.17, 15) is 13.6 Å². The van der Waals surface area contributed by atoms with Crippen molar-refractivity contribution < 1.29 is 13.6 Å². The first-order valence-corrected chi connectivity index (χ1v) is 9.62. The van der Waals surface area contributed by atoms with Gasteiger partial charge >= 0.3 is 0 Å². The minimum absolute atomic E-state index is 0.0457. The highest BCUT2D eigenvalue weighted by Crippen LogP contribution is 2.25. The summed E-state index contributed by atoms with van der Waals surface area (Å²) in [6.07, 6.45) is 4.68. The summed E-state index contributed by atoms with van der Waals surface area (Å²) in [5.74, 6) is -1.82. The van der Waals surface area contributed by atoms with Crippen molar-refractivity contribution in [2.75, 3.05) is 0 Å². The Morgan fingerprint density at radius 3 is 2.45 bits per heavy atom. The molecular formula is C23H19F2N5O. The molecule has 2 heterocycles. The van der Waals surface area contributed by atoms with Gasteiger partial charge in [-0.3, -0.25) is 9.78 Å². The highest BCUT2D eigenvalue weighted by molar-refractivity contribution is 5.92. The number of halogens is 2. The molecule has 4 aromatic rings. The molecule has 0 aliphatic carbocycles. The molecule has 0 saturated heterocycles. The van der Waals surface area contributed by atoms with Gasteiger partial charge in [-0.1, -0.05) is 35.5 Å². The van der Waals surface area contributed by atoms with Gasteiger partial charge in [-0.05, 0) is 47.9 Å². The molecule has 1 N–H and O–H groups in total. The minimum Gasteiger partial charge on any atom is -0.340 e. The highest BCUT2D eigenvalue weighted by atomic mass is 19.1. The van der Waals surface area contributed by atoms with Crippen molar-refractivity contribution in [3.05, 3.63) is 113 Å². The molecule has 0 radical (unpaired) electrons. The van der Waals surface area contributed by atoms with Crippen LogP contribution in [0.3, 0.4) is 0 Å². The summed E-state index contributed by atoms with van der Waals surface area (Å²) in [7, 11) is 0. The molecule has 2 aromatic carbocycles. The fraction of sp³-hybridized carbons (Fsp3) is 0.130. The van der Waals surface area contributed by atoms with Crippen LogP contribution in [0, 0.1) is 18.6 Å². The first kappa shape index (κ1) is 20.3. The number of hydrogen-bond donors (Lipinski definition) is 1. The minimum atomic E-state index is -0.682. The molecule has 0 aliphatic rings. The maximum absolute atomic E-state index is 13.9. The van der Waals surface area contributed by atoms with Crippen LogP contribution in [0.15, 0.2) is 73.2 Å². The van der Waals surface area contributed by atoms with E-state index in [0.717, 1.165) is 16.7 Å². The van der Waals surface area contributed by atoms with E-state index < -0.39 is 23.6 Å². The fourth-order valence-corrected chi connectivity index (χ4v) is 3.34. The zero-order valence-corrected chi connectivity index (χ0v) is 16.7. The number of amides is 1. The standard InChI is InChI=1S/C23H19F2N5O/c1-15-5-2-3-6-17(15)22(16-9-11-26-12-10-16)27-23(31)21-14-30(29-28-21)13-18-19(24)7-4-8-20(18)25/h2-12,14,22H,13H2,1H3,(H,27,31). The number of hydrogen-bond acceptors (Lipinski definition) is 4. The Balaban J connectivity index is 1.58. The van der Waals surface area contributed by atoms with E-state index in [1.807, 2.05) is 43.3 Å². The number of nitrogens with one attached hydrogen (secondary N) is 1. The summed E-state index contributed by atoms with van der Waals surface area (Å²) in [5.41, 5.74) is 2.71. The predicted octanol–water partition coefficient (Wildman–Crippen LogP) is 3.83. The van der Waals surface area contributed by atoms with Crippen molar-refractivity contribution in [1.82, 2.24) is 25.3 Å². The molecule has 1 unspecified atom stereocenters. The predicted molar refractivity (Wildman–Crippen MR) is 110 cm³/mol. The van der Waals surface area contributed by atoms with Crippen molar-refractivity contribution in [3.8, 4) is 0 Å². The van der Waals surface area contributed by atoms with E-state index in [2.05, 4.69) is 20.6 Å². The molecule has 8 heteroatoms. The Morgan fingerprint density at radius 1 is 1.03 bits per heavy atom. The van der Waals surface area contributed by atoms with Gasteiger partial charge in [0.05, 0.1) is 18.8 Å². The van der Waals surface area contributed by atoms with Crippen LogP contribution < -0.4 is 5.32 Å². The number of carbonyl (C=O) groups excluding carboxylic acids is 1. The van der Waals surface area contributed by atoms with Crippen molar-refractivity contribution in [3.63, 3.8) is 0 Å². The number of rotatable bonds is 6. The third kappa shape index (κ3) is 4.48. The van der Waals surface area contributed by atoms with Crippen LogP contribution in [0.4, 0.5) is 8.78 Å². The number of aryl methyl sites for hydroxylation is 1. The number of nitrogens with zero attached hydrogens (tertiary/aromatic N) is 4. The lowest BCUT2D eigenvalue weighted by atomic mass is 9.95. The van der Waals surface area contributed by atoms with Crippen LogP contribution in [0.5, 0.6) is 0 Å². The van der Waals surface area contributed by atoms with E-state index in [0.29, 0.717) is 0 Å². The molecule has 0 bridgehead atoms. The molecule has 1 atom stereocenters. The van der Waals surface area contributed by atoms with Gasteiger partial charge in [0.15, 0.2) is 5.69 Å². The summed E-state index contributed by atoms with van der Waals surface area (Å²) in [6.45, 7) is 1.79. The summed E-state index contributed by atoms with van der Waals surface area (Å²) in [4.78, 5) is 17.0. The molecule has 31 heavy (non-hydrogen) atoms. The maximum Gasteiger partial charge on any atom is 0.274 e. The first-order chi connectivity index (χ1) is 15.0. The zero-order chi connectivity index (χ0) is 21.8. The molecule has 6 nitrogen and oxygen atoms in total. The van der Waals surface area contributed by atoms with Crippen LogP contribution in [-0.4, -0.2) is 25.9 Å². The molecule has 0 fully saturated rings. The lowest BCUT2D eigenvalue weighted by Gasteiger charge is -2.21. The first-order valence-electron chi connectivity index (χ1n) is 9.62. The second-order valence-corrected chi connectivity index (χ2v) is 7.05. The molecule has 4 rings (SSSR count). The van der Waals surface area contributed by atoms with Crippen molar-refractivity contribution in [2.24, 2.45) is 0 Å². The second kappa shape index (κ2) is 8.83. The van der Waals surface area contributed by atoms with Gasteiger partial charge in [0.25, 0.3) is 5.91 Å². The molecule has 0 aliphatic heterocycles. The average Bonchev–Trinajstić information content (AvgIpc) is 3.25. The fourth-order valence-electron chi connectivity index (χ4n) is 3.34. The van der Waals surface area contributed by atoms with Crippen molar-refractivity contribution in [1.29, 1.82) is 0 Å². The Morgan fingerprint density at radius 2 is 1.74 bits per heavy atom. The van der Waals surface area contributed by atoms with Crippen LogP contribution in [0.2, 0.25) is 0 Å². The van der Waals surface area contributed by atoms with Crippen LogP contribution in [-0.2, 0) is 6.54 Å².